The molecule has 4 rings (SSSR count). The molecule has 3 aromatic rings. The Bertz CT molecular complexity index is 1440. The molecule has 210 valence electrons. The molecule has 1 saturated carbocycles. The number of pyridine rings is 1. The molecule has 3 unspecified atom stereocenters. The lowest BCUT2D eigenvalue weighted by molar-refractivity contribution is 0.0500. The number of methoxy groups -OCH3 is 2. The van der Waals surface area contributed by atoms with Crippen LogP contribution in [0, 0.1) is 0 Å². The maximum Gasteiger partial charge on any atom is 0.407 e. The third-order valence-electron chi connectivity index (χ3n) is 6.35. The topological polar surface area (TPSA) is 137 Å². The molecule has 2 aromatic heterocycles. The monoisotopic (exact) mass is 579 g/mol. The van der Waals surface area contributed by atoms with Crippen LogP contribution in [0.5, 0.6) is 11.5 Å². The van der Waals surface area contributed by atoms with Crippen LogP contribution in [-0.4, -0.2) is 63.7 Å². The number of alkyl carbamates (subject to hydrolysis) is 1. The van der Waals surface area contributed by atoms with Gasteiger partial charge in [-0.2, -0.15) is 4.98 Å². The molecular formula is C26H31Cl2N5O6. The highest BCUT2D eigenvalue weighted by Crippen LogP contribution is 2.45. The van der Waals surface area contributed by atoms with Crippen molar-refractivity contribution in [2.75, 3.05) is 19.5 Å². The lowest BCUT2D eigenvalue weighted by Crippen LogP contribution is -2.45. The number of aromatic nitrogens is 3. The second kappa shape index (κ2) is 11.1. The Kier molecular flexibility index (Phi) is 8.15. The number of anilines is 1. The van der Waals surface area contributed by atoms with Crippen LogP contribution in [0.15, 0.2) is 23.1 Å². The fraction of sp³-hybridized carbons (Fsp3) is 0.462. The number of hydrogen-bond donors (Lipinski definition) is 3. The molecule has 3 N–H and O–H groups in total. The van der Waals surface area contributed by atoms with Crippen LogP contribution in [0.4, 0.5) is 10.7 Å². The average molecular weight is 580 g/mol. The third-order valence-corrected chi connectivity index (χ3v) is 7.10. The van der Waals surface area contributed by atoms with Gasteiger partial charge in [-0.15, -0.1) is 0 Å². The van der Waals surface area contributed by atoms with E-state index in [4.69, 9.17) is 37.4 Å². The molecule has 0 spiro atoms. The van der Waals surface area contributed by atoms with E-state index in [2.05, 4.69) is 20.6 Å². The maximum absolute atomic E-state index is 13.5. The van der Waals surface area contributed by atoms with Crippen LogP contribution >= 0.6 is 23.2 Å². The van der Waals surface area contributed by atoms with Crippen LogP contribution in [-0.2, 0) is 11.8 Å². The van der Waals surface area contributed by atoms with Crippen molar-refractivity contribution in [1.29, 1.82) is 0 Å². The lowest BCUT2D eigenvalue weighted by Gasteiger charge is -2.25. The molecular weight excluding hydrogens is 549 g/mol. The molecule has 0 radical (unpaired) electrons. The van der Waals surface area contributed by atoms with Gasteiger partial charge in [-0.1, -0.05) is 23.2 Å². The number of amides is 1. The standard InChI is InChI=1S/C26H31Cl2N5O6/c1-26(2,3)39-25(36)31-16-9-13(34)8-15(16)30-24-29-11-12-7-14(23(35)33(4)22(12)32-24)19-20(27)17(37-5)10-18(38-6)21(19)28/h7,10-11,13,15-16,34H,8-9H2,1-6H3,(H,31,36)(H,29,30,32). The third kappa shape index (κ3) is 6.00. The Balaban J connectivity index is 1.68. The van der Waals surface area contributed by atoms with Crippen molar-refractivity contribution in [2.45, 2.75) is 57.4 Å². The van der Waals surface area contributed by atoms with Gasteiger partial charge in [0.25, 0.3) is 5.56 Å². The van der Waals surface area contributed by atoms with E-state index >= 15 is 0 Å². The Labute approximate surface area is 235 Å². The van der Waals surface area contributed by atoms with Crippen LogP contribution < -0.4 is 25.7 Å². The lowest BCUT2D eigenvalue weighted by atomic mass is 10.0. The first-order chi connectivity index (χ1) is 18.3. The Morgan fingerprint density at radius 2 is 1.72 bits per heavy atom. The number of hydrogen-bond acceptors (Lipinski definition) is 9. The van der Waals surface area contributed by atoms with Crippen LogP contribution in [0.25, 0.3) is 22.2 Å². The fourth-order valence-electron chi connectivity index (χ4n) is 4.57. The van der Waals surface area contributed by atoms with E-state index in [0.29, 0.717) is 35.4 Å². The minimum Gasteiger partial charge on any atom is -0.495 e. The SMILES string of the molecule is COc1cc(OC)c(Cl)c(-c2cc3cnc(NC4CC(O)CC4NC(=O)OC(C)(C)C)nc3n(C)c2=O)c1Cl. The molecule has 11 nitrogen and oxygen atoms in total. The smallest absolute Gasteiger partial charge is 0.407 e. The molecule has 1 fully saturated rings. The van der Waals surface area contributed by atoms with E-state index in [1.807, 2.05) is 0 Å². The summed E-state index contributed by atoms with van der Waals surface area (Å²) in [7, 11) is 4.49. The molecule has 3 atom stereocenters. The molecule has 13 heteroatoms. The molecule has 1 amide bonds. The highest BCUT2D eigenvalue weighted by Gasteiger charge is 2.36. The number of aliphatic hydroxyl groups is 1. The summed E-state index contributed by atoms with van der Waals surface area (Å²) in [5, 5.41) is 17.1. The predicted molar refractivity (Wildman–Crippen MR) is 149 cm³/mol. The zero-order valence-corrected chi connectivity index (χ0v) is 24.0. The van der Waals surface area contributed by atoms with Crippen LogP contribution in [0.3, 0.4) is 0 Å². The van der Waals surface area contributed by atoms with Gasteiger partial charge in [-0.25, -0.2) is 9.78 Å². The quantitative estimate of drug-likeness (QED) is 0.393. The van der Waals surface area contributed by atoms with Gasteiger partial charge >= 0.3 is 6.09 Å². The molecule has 1 aromatic carbocycles. The molecule has 0 aliphatic heterocycles. The summed E-state index contributed by atoms with van der Waals surface area (Å²) in [6.07, 6.45) is 1.08. The summed E-state index contributed by atoms with van der Waals surface area (Å²) in [6, 6.07) is 2.39. The van der Waals surface area contributed by atoms with E-state index in [-0.39, 0.29) is 33.2 Å². The number of fused-ring (bicyclic) bond motifs is 1. The van der Waals surface area contributed by atoms with Gasteiger partial charge in [0.2, 0.25) is 5.95 Å². The van der Waals surface area contributed by atoms with Gasteiger partial charge in [0.1, 0.15) is 22.7 Å². The Morgan fingerprint density at radius 3 is 2.31 bits per heavy atom. The van der Waals surface area contributed by atoms with E-state index in [9.17, 15) is 14.7 Å². The second-order valence-corrected chi connectivity index (χ2v) is 11.1. The summed E-state index contributed by atoms with van der Waals surface area (Å²) in [5.74, 6) is 0.845. The number of nitrogens with one attached hydrogen (secondary N) is 2. The Morgan fingerprint density at radius 1 is 1.10 bits per heavy atom. The summed E-state index contributed by atoms with van der Waals surface area (Å²) >= 11 is 13.1. The molecule has 0 saturated heterocycles. The van der Waals surface area contributed by atoms with Crippen LogP contribution in [0.1, 0.15) is 33.6 Å². The highest BCUT2D eigenvalue weighted by molar-refractivity contribution is 6.41. The predicted octanol–water partition coefficient (Wildman–Crippen LogP) is 4.15. The van der Waals surface area contributed by atoms with Crippen molar-refractivity contribution in [3.63, 3.8) is 0 Å². The number of benzene rings is 1. The van der Waals surface area contributed by atoms with E-state index in [1.165, 1.54) is 18.8 Å². The zero-order chi connectivity index (χ0) is 28.6. The number of nitrogens with zero attached hydrogens (tertiary/aromatic N) is 3. The molecule has 2 heterocycles. The van der Waals surface area contributed by atoms with Gasteiger partial charge in [-0.3, -0.25) is 9.36 Å². The second-order valence-electron chi connectivity index (χ2n) is 10.3. The largest absolute Gasteiger partial charge is 0.495 e. The van der Waals surface area contributed by atoms with Gasteiger partial charge in [0.05, 0.1) is 48.0 Å². The molecule has 1 aliphatic carbocycles. The maximum atomic E-state index is 13.5. The minimum absolute atomic E-state index is 0.169. The van der Waals surface area contributed by atoms with E-state index < -0.39 is 29.4 Å². The summed E-state index contributed by atoms with van der Waals surface area (Å²) in [4.78, 5) is 34.7. The number of aryl methyl sites for hydroxylation is 1. The fourth-order valence-corrected chi connectivity index (χ4v) is 5.28. The first kappa shape index (κ1) is 28.7. The van der Waals surface area contributed by atoms with Crippen molar-refractivity contribution in [1.82, 2.24) is 19.9 Å². The van der Waals surface area contributed by atoms with Crippen molar-refractivity contribution in [3.05, 3.63) is 38.7 Å². The van der Waals surface area contributed by atoms with Crippen LogP contribution in [0.2, 0.25) is 10.0 Å². The molecule has 0 bridgehead atoms. The molecule has 39 heavy (non-hydrogen) atoms. The number of halogens is 2. The van der Waals surface area contributed by atoms with Crippen molar-refractivity contribution in [2.24, 2.45) is 7.05 Å². The van der Waals surface area contributed by atoms with Gasteiger partial charge in [0, 0.05) is 30.3 Å². The average Bonchev–Trinajstić information content (AvgIpc) is 3.19. The van der Waals surface area contributed by atoms with Gasteiger partial charge in [-0.05, 0) is 39.7 Å². The highest BCUT2D eigenvalue weighted by atomic mass is 35.5. The normalized spacial score (nSPS) is 19.2. The summed E-state index contributed by atoms with van der Waals surface area (Å²) in [5.41, 5.74) is -0.192. The minimum atomic E-state index is -0.653. The first-order valence-corrected chi connectivity index (χ1v) is 13.0. The van der Waals surface area contributed by atoms with Crippen molar-refractivity contribution in [3.8, 4) is 22.6 Å². The number of rotatable bonds is 6. The van der Waals surface area contributed by atoms with Gasteiger partial charge < -0.3 is 30.0 Å². The number of carbonyl (C=O) groups excluding carboxylic acids is 1. The molecule has 1 aliphatic rings. The first-order valence-electron chi connectivity index (χ1n) is 12.2. The van der Waals surface area contributed by atoms with Gasteiger partial charge in [0.15, 0.2) is 0 Å². The summed E-state index contributed by atoms with van der Waals surface area (Å²) < 4.78 is 17.4. The number of aliphatic hydroxyl groups excluding tert-OH is 1. The van der Waals surface area contributed by atoms with Crippen molar-refractivity contribution >= 4 is 46.3 Å². The zero-order valence-electron chi connectivity index (χ0n) is 22.5. The number of carbonyl (C=O) groups is 1. The summed E-state index contributed by atoms with van der Waals surface area (Å²) in [6.45, 7) is 5.32. The van der Waals surface area contributed by atoms with Crippen molar-refractivity contribution < 1.29 is 24.1 Å². The van der Waals surface area contributed by atoms with E-state index in [1.54, 1.807) is 46.1 Å². The Hall–Kier alpha value is -3.28. The van der Waals surface area contributed by atoms with E-state index in [0.717, 1.165) is 0 Å². The number of ether oxygens (including phenoxy) is 3.